The third-order valence-corrected chi connectivity index (χ3v) is 7.00. The van der Waals surface area contributed by atoms with E-state index in [1.165, 1.54) is 6.33 Å². The van der Waals surface area contributed by atoms with E-state index in [-0.39, 0.29) is 11.5 Å². The van der Waals surface area contributed by atoms with Gasteiger partial charge in [-0.05, 0) is 62.6 Å². The van der Waals surface area contributed by atoms with Gasteiger partial charge in [0.25, 0.3) is 0 Å². The third kappa shape index (κ3) is 4.29. The molecule has 1 aliphatic carbocycles. The highest BCUT2D eigenvalue weighted by Gasteiger charge is 2.41. The molecule has 9 nitrogen and oxygen atoms in total. The predicted octanol–water partition coefficient (Wildman–Crippen LogP) is 3.77. The van der Waals surface area contributed by atoms with Gasteiger partial charge in [-0.1, -0.05) is 11.6 Å². The first-order chi connectivity index (χ1) is 17.4. The number of amides is 1. The van der Waals surface area contributed by atoms with Crippen LogP contribution >= 0.6 is 11.6 Å². The summed E-state index contributed by atoms with van der Waals surface area (Å²) < 4.78 is 8.21. The van der Waals surface area contributed by atoms with Crippen LogP contribution in [0.1, 0.15) is 31.0 Å². The summed E-state index contributed by atoms with van der Waals surface area (Å²) >= 11 is 6.83. The van der Waals surface area contributed by atoms with Crippen LogP contribution in [0.4, 0.5) is 5.69 Å². The molecule has 0 atom stereocenters. The summed E-state index contributed by atoms with van der Waals surface area (Å²) in [5.41, 5.74) is 4.53. The molecule has 4 heterocycles. The van der Waals surface area contributed by atoms with Crippen molar-refractivity contribution in [2.45, 2.75) is 38.8 Å². The Balaban J connectivity index is 1.47. The van der Waals surface area contributed by atoms with E-state index in [4.69, 9.17) is 21.3 Å². The molecule has 3 aromatic heterocycles. The largest absolute Gasteiger partial charge is 0.470 e. The van der Waals surface area contributed by atoms with Gasteiger partial charge in [-0.15, -0.1) is 0 Å². The molecular formula is C26H26ClN7O2. The molecule has 1 saturated heterocycles. The average Bonchev–Trinajstić information content (AvgIpc) is 3.47. The molecule has 10 heteroatoms. The van der Waals surface area contributed by atoms with Crippen LogP contribution in [0.15, 0.2) is 42.9 Å². The molecule has 0 unspecified atom stereocenters. The SMILES string of the molecule is Cc1ccnc(Cn2c(-c3ccc(N4CCNCC4=O)cc3Cl)nc3c(OC4(C)CC4)ncnc32)c1. The highest BCUT2D eigenvalue weighted by atomic mass is 35.5. The number of aryl methyl sites for hydroxylation is 1. The Hall–Kier alpha value is -3.56. The predicted molar refractivity (Wildman–Crippen MR) is 137 cm³/mol. The van der Waals surface area contributed by atoms with Crippen molar-refractivity contribution in [2.75, 3.05) is 24.5 Å². The Morgan fingerprint density at radius 3 is 2.78 bits per heavy atom. The fraction of sp³-hybridized carbons (Fsp3) is 0.346. The van der Waals surface area contributed by atoms with Crippen LogP contribution in [-0.2, 0) is 11.3 Å². The number of nitrogens with one attached hydrogen (secondary N) is 1. The molecule has 1 saturated carbocycles. The van der Waals surface area contributed by atoms with E-state index in [2.05, 4.69) is 27.2 Å². The Morgan fingerprint density at radius 2 is 2.03 bits per heavy atom. The van der Waals surface area contributed by atoms with Crippen LogP contribution in [0.2, 0.25) is 5.02 Å². The van der Waals surface area contributed by atoms with Crippen LogP contribution in [0.3, 0.4) is 0 Å². The average molecular weight is 504 g/mol. The van der Waals surface area contributed by atoms with Crippen molar-refractivity contribution in [2.24, 2.45) is 0 Å². The Kier molecular flexibility index (Phi) is 5.61. The second-order valence-electron chi connectivity index (χ2n) is 9.64. The molecule has 2 fully saturated rings. The molecule has 1 aliphatic heterocycles. The van der Waals surface area contributed by atoms with E-state index in [1.807, 2.05) is 41.8 Å². The number of carbonyl (C=O) groups is 1. The number of fused-ring (bicyclic) bond motifs is 1. The molecule has 0 spiro atoms. The normalized spacial score (nSPS) is 17.0. The maximum Gasteiger partial charge on any atom is 0.245 e. The molecule has 1 amide bonds. The lowest BCUT2D eigenvalue weighted by atomic mass is 10.1. The summed E-state index contributed by atoms with van der Waals surface area (Å²) in [4.78, 5) is 32.6. The number of pyridine rings is 1. The van der Waals surface area contributed by atoms with Crippen LogP contribution in [0, 0.1) is 6.92 Å². The topological polar surface area (TPSA) is 98.1 Å². The smallest absolute Gasteiger partial charge is 0.245 e. The fourth-order valence-electron chi connectivity index (χ4n) is 4.44. The number of ether oxygens (including phenoxy) is 1. The summed E-state index contributed by atoms with van der Waals surface area (Å²) in [6.45, 7) is 6.22. The number of nitrogens with zero attached hydrogens (tertiary/aromatic N) is 6. The van der Waals surface area contributed by atoms with E-state index in [0.29, 0.717) is 47.5 Å². The van der Waals surface area contributed by atoms with Crippen molar-refractivity contribution in [3.63, 3.8) is 0 Å². The number of rotatable bonds is 6. The number of imidazole rings is 1. The summed E-state index contributed by atoms with van der Waals surface area (Å²) in [6, 6.07) is 9.65. The monoisotopic (exact) mass is 503 g/mol. The summed E-state index contributed by atoms with van der Waals surface area (Å²) in [7, 11) is 0. The number of hydrogen-bond acceptors (Lipinski definition) is 7. The van der Waals surface area contributed by atoms with Crippen molar-refractivity contribution in [3.05, 3.63) is 59.1 Å². The summed E-state index contributed by atoms with van der Waals surface area (Å²) in [6.07, 6.45) is 5.28. The fourth-order valence-corrected chi connectivity index (χ4v) is 4.70. The number of halogens is 1. The van der Waals surface area contributed by atoms with Gasteiger partial charge in [0.2, 0.25) is 11.8 Å². The van der Waals surface area contributed by atoms with Crippen molar-refractivity contribution < 1.29 is 9.53 Å². The molecule has 0 bridgehead atoms. The van der Waals surface area contributed by atoms with Crippen LogP contribution < -0.4 is 15.0 Å². The number of hydrogen-bond donors (Lipinski definition) is 1. The molecule has 0 radical (unpaired) electrons. The van der Waals surface area contributed by atoms with E-state index in [0.717, 1.165) is 41.9 Å². The van der Waals surface area contributed by atoms with Crippen molar-refractivity contribution in [1.82, 2.24) is 29.8 Å². The van der Waals surface area contributed by atoms with Crippen LogP contribution in [0.25, 0.3) is 22.6 Å². The van der Waals surface area contributed by atoms with E-state index >= 15 is 0 Å². The van der Waals surface area contributed by atoms with E-state index in [1.54, 1.807) is 11.1 Å². The van der Waals surface area contributed by atoms with E-state index in [9.17, 15) is 4.79 Å². The van der Waals surface area contributed by atoms with Crippen molar-refractivity contribution in [1.29, 1.82) is 0 Å². The number of benzene rings is 1. The minimum Gasteiger partial charge on any atom is -0.470 e. The lowest BCUT2D eigenvalue weighted by molar-refractivity contribution is -0.118. The second kappa shape index (κ2) is 8.83. The molecule has 1 aromatic carbocycles. The van der Waals surface area contributed by atoms with Gasteiger partial charge in [-0.2, -0.15) is 4.98 Å². The zero-order chi connectivity index (χ0) is 24.9. The zero-order valence-electron chi connectivity index (χ0n) is 20.2. The Morgan fingerprint density at radius 1 is 1.17 bits per heavy atom. The minimum atomic E-state index is -0.210. The van der Waals surface area contributed by atoms with Gasteiger partial charge in [-0.25, -0.2) is 9.97 Å². The first-order valence-electron chi connectivity index (χ1n) is 12.0. The van der Waals surface area contributed by atoms with Crippen molar-refractivity contribution in [3.8, 4) is 17.3 Å². The lowest BCUT2D eigenvalue weighted by Gasteiger charge is -2.27. The highest BCUT2D eigenvalue weighted by Crippen LogP contribution is 2.41. The molecule has 2 aliphatic rings. The van der Waals surface area contributed by atoms with E-state index < -0.39 is 0 Å². The first kappa shape index (κ1) is 22.9. The Bertz CT molecular complexity index is 1480. The van der Waals surface area contributed by atoms with Gasteiger partial charge in [0.15, 0.2) is 11.2 Å². The number of piperazine rings is 1. The summed E-state index contributed by atoms with van der Waals surface area (Å²) in [5.74, 6) is 1.13. The van der Waals surface area contributed by atoms with Gasteiger partial charge in [0, 0.05) is 30.5 Å². The minimum absolute atomic E-state index is 0.0217. The van der Waals surface area contributed by atoms with Crippen LogP contribution in [-0.4, -0.2) is 55.6 Å². The van der Waals surface area contributed by atoms with Gasteiger partial charge < -0.3 is 19.5 Å². The standard InChI is InChI=1S/C26H26ClN7O2/c1-16-5-8-29-17(11-16)14-34-23(32-22-24(34)30-15-31-25(22)36-26(2)6-7-26)19-4-3-18(12-20(19)27)33-10-9-28-13-21(33)35/h3-5,8,11-12,15,28H,6-7,9-10,13-14H2,1-2H3. The van der Waals surface area contributed by atoms with Gasteiger partial charge >= 0.3 is 0 Å². The highest BCUT2D eigenvalue weighted by molar-refractivity contribution is 6.33. The second-order valence-corrected chi connectivity index (χ2v) is 10.0. The van der Waals surface area contributed by atoms with Gasteiger partial charge in [0.1, 0.15) is 17.8 Å². The maximum absolute atomic E-state index is 12.4. The quantitative estimate of drug-likeness (QED) is 0.427. The summed E-state index contributed by atoms with van der Waals surface area (Å²) in [5, 5.41) is 3.59. The Labute approximate surface area is 213 Å². The first-order valence-corrected chi connectivity index (χ1v) is 12.4. The molecule has 1 N–H and O–H groups in total. The number of anilines is 1. The third-order valence-electron chi connectivity index (χ3n) is 6.68. The molecular weight excluding hydrogens is 478 g/mol. The lowest BCUT2D eigenvalue weighted by Crippen LogP contribution is -2.48. The number of carbonyl (C=O) groups excluding carboxylic acids is 1. The molecule has 6 rings (SSSR count). The molecule has 4 aromatic rings. The maximum atomic E-state index is 12.4. The molecule has 36 heavy (non-hydrogen) atoms. The number of aromatic nitrogens is 5. The van der Waals surface area contributed by atoms with Crippen molar-refractivity contribution >= 4 is 34.4 Å². The van der Waals surface area contributed by atoms with Crippen LogP contribution in [0.5, 0.6) is 5.88 Å². The van der Waals surface area contributed by atoms with Gasteiger partial charge in [0.05, 0.1) is 23.8 Å². The van der Waals surface area contributed by atoms with Gasteiger partial charge in [-0.3, -0.25) is 9.78 Å². The zero-order valence-corrected chi connectivity index (χ0v) is 20.9. The molecule has 184 valence electrons.